The van der Waals surface area contributed by atoms with Crippen LogP contribution in [0.4, 0.5) is 0 Å². The van der Waals surface area contributed by atoms with Gasteiger partial charge in [-0.2, -0.15) is 0 Å². The summed E-state index contributed by atoms with van der Waals surface area (Å²) in [6.07, 6.45) is 7.08. The van der Waals surface area contributed by atoms with Crippen LogP contribution in [0.3, 0.4) is 0 Å². The largest absolute Gasteiger partial charge is 0.497 e. The van der Waals surface area contributed by atoms with E-state index in [2.05, 4.69) is 10.3 Å². The number of ether oxygens (including phenoxy) is 2. The van der Waals surface area contributed by atoms with E-state index in [1.165, 1.54) is 0 Å². The number of amides is 1. The van der Waals surface area contributed by atoms with Crippen molar-refractivity contribution in [1.29, 1.82) is 0 Å². The standard InChI is InChI=1S/C15H12N2O3S/c1-19-10-5-6-12-11(7-10)9(8-16-12)3-2-4-13-14(18)17-15(21)20-13/h2-8,16H,1H3,(H,17,18,21). The second-order valence-corrected chi connectivity index (χ2v) is 4.76. The zero-order valence-corrected chi connectivity index (χ0v) is 12.0. The maximum atomic E-state index is 11.4. The van der Waals surface area contributed by atoms with Crippen LogP contribution in [-0.4, -0.2) is 23.2 Å². The van der Waals surface area contributed by atoms with Gasteiger partial charge in [-0.3, -0.25) is 10.1 Å². The van der Waals surface area contributed by atoms with Crippen LogP contribution in [0.15, 0.2) is 42.3 Å². The number of benzene rings is 1. The Labute approximate surface area is 126 Å². The number of nitrogens with one attached hydrogen (secondary N) is 2. The predicted octanol–water partition coefficient (Wildman–Crippen LogP) is 2.50. The lowest BCUT2D eigenvalue weighted by Gasteiger charge is -1.99. The Balaban J connectivity index is 1.88. The molecule has 0 bridgehead atoms. The predicted molar refractivity (Wildman–Crippen MR) is 83.8 cm³/mol. The van der Waals surface area contributed by atoms with Crippen LogP contribution in [-0.2, 0) is 9.53 Å². The van der Waals surface area contributed by atoms with E-state index in [4.69, 9.17) is 21.7 Å². The number of carbonyl (C=O) groups is 1. The number of aromatic amines is 1. The number of H-pyrrole nitrogens is 1. The van der Waals surface area contributed by atoms with Gasteiger partial charge in [0.15, 0.2) is 5.76 Å². The summed E-state index contributed by atoms with van der Waals surface area (Å²) in [6, 6.07) is 5.80. The highest BCUT2D eigenvalue weighted by Crippen LogP contribution is 2.24. The molecule has 1 aliphatic rings. The molecule has 2 heterocycles. The summed E-state index contributed by atoms with van der Waals surface area (Å²) in [5.41, 5.74) is 2.00. The van der Waals surface area contributed by atoms with Crippen LogP contribution >= 0.6 is 12.2 Å². The third-order valence-electron chi connectivity index (χ3n) is 3.09. The van der Waals surface area contributed by atoms with Gasteiger partial charge in [-0.05, 0) is 42.1 Å². The molecule has 5 nitrogen and oxygen atoms in total. The SMILES string of the molecule is COc1ccc2[nH]cc(C=CC=C3OC(=S)NC3=O)c2c1. The number of hydrogen-bond donors (Lipinski definition) is 2. The molecule has 3 rings (SSSR count). The highest BCUT2D eigenvalue weighted by molar-refractivity contribution is 7.80. The van der Waals surface area contributed by atoms with Crippen LogP contribution in [0.25, 0.3) is 17.0 Å². The summed E-state index contributed by atoms with van der Waals surface area (Å²) < 4.78 is 10.3. The van der Waals surface area contributed by atoms with Crippen molar-refractivity contribution in [3.05, 3.63) is 47.9 Å². The highest BCUT2D eigenvalue weighted by atomic mass is 32.1. The molecule has 0 unspecified atom stereocenters. The van der Waals surface area contributed by atoms with E-state index >= 15 is 0 Å². The Morgan fingerprint density at radius 2 is 2.24 bits per heavy atom. The van der Waals surface area contributed by atoms with Gasteiger partial charge >= 0.3 is 0 Å². The molecule has 2 aromatic rings. The van der Waals surface area contributed by atoms with Crippen LogP contribution in [0.1, 0.15) is 5.56 Å². The molecule has 1 aromatic heterocycles. The fourth-order valence-electron chi connectivity index (χ4n) is 2.06. The number of thiocarbonyl (C=S) groups is 1. The molecule has 0 atom stereocenters. The minimum atomic E-state index is -0.328. The first-order valence-corrected chi connectivity index (χ1v) is 6.65. The van der Waals surface area contributed by atoms with Gasteiger partial charge in [0, 0.05) is 17.1 Å². The van der Waals surface area contributed by atoms with Crippen LogP contribution in [0.5, 0.6) is 5.75 Å². The van der Waals surface area contributed by atoms with Crippen molar-refractivity contribution in [3.8, 4) is 5.75 Å². The quantitative estimate of drug-likeness (QED) is 0.675. The zero-order chi connectivity index (χ0) is 14.8. The van der Waals surface area contributed by atoms with Crippen molar-refractivity contribution < 1.29 is 14.3 Å². The topological polar surface area (TPSA) is 63.4 Å². The third-order valence-corrected chi connectivity index (χ3v) is 3.27. The first kappa shape index (κ1) is 13.4. The Morgan fingerprint density at radius 3 is 2.95 bits per heavy atom. The zero-order valence-electron chi connectivity index (χ0n) is 11.2. The molecule has 0 spiro atoms. The van der Waals surface area contributed by atoms with Crippen molar-refractivity contribution in [2.24, 2.45) is 0 Å². The Morgan fingerprint density at radius 1 is 1.38 bits per heavy atom. The maximum absolute atomic E-state index is 11.4. The number of aromatic nitrogens is 1. The van der Waals surface area contributed by atoms with Gasteiger partial charge in [-0.25, -0.2) is 0 Å². The Hall–Kier alpha value is -2.60. The Bertz CT molecular complexity index is 789. The van der Waals surface area contributed by atoms with Crippen molar-refractivity contribution in [2.75, 3.05) is 7.11 Å². The van der Waals surface area contributed by atoms with E-state index in [1.807, 2.05) is 30.5 Å². The first-order chi connectivity index (χ1) is 10.2. The number of allylic oxidation sites excluding steroid dienone is 2. The molecule has 1 fully saturated rings. The van der Waals surface area contributed by atoms with Gasteiger partial charge in [0.1, 0.15) is 5.75 Å². The molecular formula is C15H12N2O3S. The van der Waals surface area contributed by atoms with Crippen molar-refractivity contribution in [1.82, 2.24) is 10.3 Å². The number of carbonyl (C=O) groups excluding carboxylic acids is 1. The summed E-state index contributed by atoms with van der Waals surface area (Å²) in [4.78, 5) is 14.6. The van der Waals surface area contributed by atoms with Crippen LogP contribution < -0.4 is 10.1 Å². The summed E-state index contributed by atoms with van der Waals surface area (Å²) in [5.74, 6) is 0.651. The molecule has 6 heteroatoms. The van der Waals surface area contributed by atoms with Gasteiger partial charge in [0.05, 0.1) is 7.11 Å². The van der Waals surface area contributed by atoms with Crippen LogP contribution in [0, 0.1) is 0 Å². The molecule has 1 aliphatic heterocycles. The number of fused-ring (bicyclic) bond motifs is 1. The molecule has 1 amide bonds. The monoisotopic (exact) mass is 300 g/mol. The van der Waals surface area contributed by atoms with Crippen molar-refractivity contribution >= 4 is 40.3 Å². The van der Waals surface area contributed by atoms with Gasteiger partial charge in [-0.1, -0.05) is 12.2 Å². The lowest BCUT2D eigenvalue weighted by atomic mass is 10.1. The lowest BCUT2D eigenvalue weighted by molar-refractivity contribution is -0.116. The molecule has 1 saturated heterocycles. The molecule has 0 radical (unpaired) electrons. The van der Waals surface area contributed by atoms with Crippen LogP contribution in [0.2, 0.25) is 0 Å². The average molecular weight is 300 g/mol. The number of rotatable bonds is 3. The normalized spacial score (nSPS) is 16.7. The number of hydrogen-bond acceptors (Lipinski definition) is 4. The fraction of sp³-hybridized carbons (Fsp3) is 0.0667. The van der Waals surface area contributed by atoms with E-state index in [0.717, 1.165) is 22.2 Å². The number of methoxy groups -OCH3 is 1. The van der Waals surface area contributed by atoms with E-state index in [-0.39, 0.29) is 16.8 Å². The van der Waals surface area contributed by atoms with Gasteiger partial charge < -0.3 is 14.5 Å². The van der Waals surface area contributed by atoms with Crippen molar-refractivity contribution in [2.45, 2.75) is 0 Å². The molecular weight excluding hydrogens is 288 g/mol. The average Bonchev–Trinajstić information content (AvgIpc) is 3.02. The van der Waals surface area contributed by atoms with E-state index in [1.54, 1.807) is 19.3 Å². The second kappa shape index (κ2) is 5.41. The summed E-state index contributed by atoms with van der Waals surface area (Å²) in [5, 5.41) is 3.52. The third kappa shape index (κ3) is 2.66. The summed E-state index contributed by atoms with van der Waals surface area (Å²) >= 11 is 4.76. The van der Waals surface area contributed by atoms with Gasteiger partial charge in [-0.15, -0.1) is 0 Å². The van der Waals surface area contributed by atoms with E-state index < -0.39 is 0 Å². The first-order valence-electron chi connectivity index (χ1n) is 6.24. The molecule has 1 aromatic carbocycles. The molecule has 106 valence electrons. The molecule has 21 heavy (non-hydrogen) atoms. The smallest absolute Gasteiger partial charge is 0.294 e. The summed E-state index contributed by atoms with van der Waals surface area (Å²) in [6.45, 7) is 0. The molecule has 0 saturated carbocycles. The second-order valence-electron chi connectivity index (χ2n) is 4.39. The highest BCUT2D eigenvalue weighted by Gasteiger charge is 2.21. The molecule has 2 N–H and O–H groups in total. The minimum absolute atomic E-state index is 0.0801. The Kier molecular flexibility index (Phi) is 3.45. The minimum Gasteiger partial charge on any atom is -0.497 e. The lowest BCUT2D eigenvalue weighted by Crippen LogP contribution is -2.18. The van der Waals surface area contributed by atoms with Crippen molar-refractivity contribution in [3.63, 3.8) is 0 Å². The van der Waals surface area contributed by atoms with E-state index in [0.29, 0.717) is 0 Å². The van der Waals surface area contributed by atoms with E-state index in [9.17, 15) is 4.79 Å². The summed E-state index contributed by atoms with van der Waals surface area (Å²) in [7, 11) is 1.63. The fourth-order valence-corrected chi connectivity index (χ4v) is 2.24. The maximum Gasteiger partial charge on any atom is 0.294 e. The molecule has 0 aliphatic carbocycles. The van der Waals surface area contributed by atoms with Gasteiger partial charge in [0.25, 0.3) is 11.1 Å². The van der Waals surface area contributed by atoms with Gasteiger partial charge in [0.2, 0.25) is 0 Å².